The van der Waals surface area contributed by atoms with Gasteiger partial charge in [-0.25, -0.2) is 0 Å². The zero-order valence-corrected chi connectivity index (χ0v) is 13.7. The number of carbonyl (C=O) groups excluding carboxylic acids is 2. The van der Waals surface area contributed by atoms with Gasteiger partial charge in [0.2, 0.25) is 11.8 Å². The van der Waals surface area contributed by atoms with Gasteiger partial charge in [0.15, 0.2) is 0 Å². The van der Waals surface area contributed by atoms with Crippen LogP contribution in [0.3, 0.4) is 0 Å². The molecule has 0 heterocycles. The Bertz CT molecular complexity index is 654. The predicted octanol–water partition coefficient (Wildman–Crippen LogP) is 3.73. The second-order valence-corrected chi connectivity index (χ2v) is 6.86. The molecule has 2 amide bonds. The molecule has 1 aromatic rings. The fourth-order valence-corrected chi connectivity index (χ4v) is 3.34. The van der Waals surface area contributed by atoms with Gasteiger partial charge in [0, 0.05) is 11.7 Å². The van der Waals surface area contributed by atoms with E-state index in [9.17, 15) is 22.8 Å². The molecule has 2 aliphatic carbocycles. The predicted molar refractivity (Wildman–Crippen MR) is 86.7 cm³/mol. The number of benzene rings is 1. The molecule has 0 spiro atoms. The summed E-state index contributed by atoms with van der Waals surface area (Å²) in [5.74, 6) is -1.34. The van der Waals surface area contributed by atoms with Gasteiger partial charge in [0.1, 0.15) is 0 Å². The van der Waals surface area contributed by atoms with E-state index in [1.807, 2.05) is 0 Å². The largest absolute Gasteiger partial charge is 0.416 e. The quantitative estimate of drug-likeness (QED) is 0.866. The molecule has 4 nitrogen and oxygen atoms in total. The Balaban J connectivity index is 1.52. The van der Waals surface area contributed by atoms with Crippen molar-refractivity contribution in [2.45, 2.75) is 50.7 Å². The summed E-state index contributed by atoms with van der Waals surface area (Å²) >= 11 is 0. The molecule has 1 aromatic carbocycles. The molecule has 7 heteroatoms. The lowest BCUT2D eigenvalue weighted by molar-refractivity contribution is -0.137. The van der Waals surface area contributed by atoms with Crippen molar-refractivity contribution in [3.8, 4) is 0 Å². The molecule has 25 heavy (non-hydrogen) atoms. The Hall–Kier alpha value is -2.05. The first-order valence-electron chi connectivity index (χ1n) is 8.63. The summed E-state index contributed by atoms with van der Waals surface area (Å²) in [6.07, 6.45) is 1.34. The molecule has 0 bridgehead atoms. The van der Waals surface area contributed by atoms with Crippen LogP contribution in [0, 0.1) is 11.8 Å². The minimum absolute atomic E-state index is 0.0955. The number of hydrogen-bond acceptors (Lipinski definition) is 2. The molecule has 3 rings (SSSR count). The van der Waals surface area contributed by atoms with Crippen LogP contribution in [0.1, 0.15) is 44.1 Å². The molecular weight excluding hydrogens is 333 g/mol. The first-order chi connectivity index (χ1) is 11.8. The lowest BCUT2D eigenvalue weighted by Crippen LogP contribution is -2.37. The highest BCUT2D eigenvalue weighted by molar-refractivity contribution is 5.99. The number of alkyl halides is 3. The van der Waals surface area contributed by atoms with Crippen molar-refractivity contribution < 1.29 is 22.8 Å². The second kappa shape index (κ2) is 7.06. The van der Waals surface area contributed by atoms with Crippen molar-refractivity contribution in [1.29, 1.82) is 0 Å². The number of hydrogen-bond donors (Lipinski definition) is 2. The van der Waals surface area contributed by atoms with E-state index >= 15 is 0 Å². The average Bonchev–Trinajstić information content (AvgIpc) is 3.36. The normalized spacial score (nSPS) is 23.8. The van der Waals surface area contributed by atoms with Gasteiger partial charge in [-0.05, 0) is 37.5 Å². The lowest BCUT2D eigenvalue weighted by atomic mass is 9.95. The zero-order valence-electron chi connectivity index (χ0n) is 13.7. The molecule has 2 atom stereocenters. The van der Waals surface area contributed by atoms with Crippen molar-refractivity contribution in [2.75, 3.05) is 5.32 Å². The van der Waals surface area contributed by atoms with Crippen LogP contribution in [0.4, 0.5) is 18.9 Å². The highest BCUT2D eigenvalue weighted by Crippen LogP contribution is 2.40. The van der Waals surface area contributed by atoms with E-state index < -0.39 is 23.6 Å². The average molecular weight is 354 g/mol. The SMILES string of the molecule is O=C(Nc1cccc(C(F)(F)F)c1)C1CC1C(=O)NC1CCCCC1. The second-order valence-electron chi connectivity index (χ2n) is 6.86. The van der Waals surface area contributed by atoms with Crippen LogP contribution in [-0.4, -0.2) is 17.9 Å². The van der Waals surface area contributed by atoms with Crippen molar-refractivity contribution >= 4 is 17.5 Å². The minimum Gasteiger partial charge on any atom is -0.353 e. The summed E-state index contributed by atoms with van der Waals surface area (Å²) < 4.78 is 38.1. The van der Waals surface area contributed by atoms with Crippen LogP contribution >= 0.6 is 0 Å². The highest BCUT2D eigenvalue weighted by Gasteiger charge is 2.48. The smallest absolute Gasteiger partial charge is 0.353 e. The summed E-state index contributed by atoms with van der Waals surface area (Å²) in [7, 11) is 0. The third-order valence-corrected chi connectivity index (χ3v) is 4.87. The third-order valence-electron chi connectivity index (χ3n) is 4.87. The van der Waals surface area contributed by atoms with Gasteiger partial charge < -0.3 is 10.6 Å². The zero-order chi connectivity index (χ0) is 18.0. The summed E-state index contributed by atoms with van der Waals surface area (Å²) in [6, 6.07) is 4.70. The molecule has 2 saturated carbocycles. The number of carbonyl (C=O) groups is 2. The monoisotopic (exact) mass is 354 g/mol. The van der Waals surface area contributed by atoms with Crippen LogP contribution in [0.5, 0.6) is 0 Å². The van der Waals surface area contributed by atoms with Gasteiger partial charge in [0.25, 0.3) is 0 Å². The van der Waals surface area contributed by atoms with Crippen molar-refractivity contribution in [1.82, 2.24) is 5.32 Å². The molecule has 0 radical (unpaired) electrons. The van der Waals surface area contributed by atoms with Gasteiger partial charge in [-0.3, -0.25) is 9.59 Å². The van der Waals surface area contributed by atoms with E-state index in [4.69, 9.17) is 0 Å². The maximum absolute atomic E-state index is 12.7. The Kier molecular flexibility index (Phi) is 5.01. The maximum atomic E-state index is 12.7. The number of anilines is 1. The Morgan fingerprint density at radius 1 is 1.00 bits per heavy atom. The van der Waals surface area contributed by atoms with E-state index in [0.717, 1.165) is 37.8 Å². The van der Waals surface area contributed by atoms with Crippen LogP contribution in [-0.2, 0) is 15.8 Å². The maximum Gasteiger partial charge on any atom is 0.416 e. The van der Waals surface area contributed by atoms with E-state index in [1.54, 1.807) is 0 Å². The molecule has 0 aliphatic heterocycles. The molecule has 2 fully saturated rings. The van der Waals surface area contributed by atoms with Crippen LogP contribution in [0.15, 0.2) is 24.3 Å². The summed E-state index contributed by atoms with van der Waals surface area (Å²) in [6.45, 7) is 0. The standard InChI is InChI=1S/C18H21F3N2O2/c19-18(20,21)11-5-4-8-13(9-11)23-17(25)15-10-14(15)16(24)22-12-6-2-1-3-7-12/h4-5,8-9,12,14-15H,1-3,6-7,10H2,(H,22,24)(H,23,25). The number of rotatable bonds is 4. The van der Waals surface area contributed by atoms with Gasteiger partial charge in [-0.15, -0.1) is 0 Å². The van der Waals surface area contributed by atoms with Crippen LogP contribution in [0.2, 0.25) is 0 Å². The highest BCUT2D eigenvalue weighted by atomic mass is 19.4. The van der Waals surface area contributed by atoms with Gasteiger partial charge in [-0.1, -0.05) is 25.3 Å². The molecule has 0 saturated heterocycles. The van der Waals surface area contributed by atoms with Crippen molar-refractivity contribution in [2.24, 2.45) is 11.8 Å². The fourth-order valence-electron chi connectivity index (χ4n) is 3.34. The molecule has 136 valence electrons. The lowest BCUT2D eigenvalue weighted by Gasteiger charge is -2.22. The topological polar surface area (TPSA) is 58.2 Å². The minimum atomic E-state index is -4.46. The molecule has 2 N–H and O–H groups in total. The van der Waals surface area contributed by atoms with E-state index in [1.165, 1.54) is 18.6 Å². The van der Waals surface area contributed by atoms with Crippen LogP contribution < -0.4 is 10.6 Å². The fraction of sp³-hybridized carbons (Fsp3) is 0.556. The molecule has 0 aromatic heterocycles. The van der Waals surface area contributed by atoms with E-state index in [0.29, 0.717) is 6.42 Å². The summed E-state index contributed by atoms with van der Waals surface area (Å²) in [4.78, 5) is 24.4. The Morgan fingerprint density at radius 2 is 1.68 bits per heavy atom. The summed E-state index contributed by atoms with van der Waals surface area (Å²) in [5.41, 5.74) is -0.717. The summed E-state index contributed by atoms with van der Waals surface area (Å²) in [5, 5.41) is 5.48. The Morgan fingerprint density at radius 3 is 2.36 bits per heavy atom. The molecular formula is C18H21F3N2O2. The Labute approximate surface area is 144 Å². The van der Waals surface area contributed by atoms with Crippen molar-refractivity contribution in [3.63, 3.8) is 0 Å². The first-order valence-corrected chi connectivity index (χ1v) is 8.63. The molecule has 2 aliphatic rings. The van der Waals surface area contributed by atoms with Gasteiger partial charge in [0.05, 0.1) is 17.4 Å². The van der Waals surface area contributed by atoms with E-state index in [2.05, 4.69) is 10.6 Å². The molecule has 2 unspecified atom stereocenters. The van der Waals surface area contributed by atoms with Gasteiger partial charge in [-0.2, -0.15) is 13.2 Å². The number of nitrogens with one attached hydrogen (secondary N) is 2. The number of amides is 2. The van der Waals surface area contributed by atoms with E-state index in [-0.39, 0.29) is 23.6 Å². The van der Waals surface area contributed by atoms with Crippen molar-refractivity contribution in [3.05, 3.63) is 29.8 Å². The van der Waals surface area contributed by atoms with Gasteiger partial charge >= 0.3 is 6.18 Å². The first kappa shape index (κ1) is 17.8. The van der Waals surface area contributed by atoms with Crippen LogP contribution in [0.25, 0.3) is 0 Å². The third kappa shape index (κ3) is 4.52. The number of halogens is 3.